The Hall–Kier alpha value is -2.10. The van der Waals surface area contributed by atoms with Gasteiger partial charge in [0, 0.05) is 11.6 Å². The fourth-order valence-corrected chi connectivity index (χ4v) is 1.12. The maximum atomic E-state index is 11.2. The molecule has 0 bridgehead atoms. The normalized spacial score (nSPS) is 10.1. The van der Waals surface area contributed by atoms with Gasteiger partial charge in [0.25, 0.3) is 0 Å². The first-order valence-electron chi connectivity index (χ1n) is 4.69. The van der Waals surface area contributed by atoms with Crippen LogP contribution in [-0.4, -0.2) is 19.4 Å². The van der Waals surface area contributed by atoms with E-state index in [2.05, 4.69) is 0 Å². The number of carbonyl (C=O) groups is 2. The van der Waals surface area contributed by atoms with Gasteiger partial charge in [0.15, 0.2) is 11.5 Å². The highest BCUT2D eigenvalue weighted by Gasteiger charge is 2.08. The number of benzene rings is 1. The van der Waals surface area contributed by atoms with E-state index in [-0.39, 0.29) is 5.75 Å². The number of ether oxygens (including phenoxy) is 2. The topological polar surface area (TPSA) is 52.6 Å². The summed E-state index contributed by atoms with van der Waals surface area (Å²) in [6, 6.07) is 4.57. The third-order valence-corrected chi connectivity index (χ3v) is 1.84. The number of hydrogen-bond acceptors (Lipinski definition) is 4. The second-order valence-corrected chi connectivity index (χ2v) is 2.95. The Balaban J connectivity index is 2.95. The lowest BCUT2D eigenvalue weighted by atomic mass is 10.2. The molecule has 0 fully saturated rings. The molecule has 0 atom stereocenters. The minimum Gasteiger partial charge on any atom is -0.493 e. The Bertz CT molecular complexity index is 421. The van der Waals surface area contributed by atoms with Crippen molar-refractivity contribution in [3.05, 3.63) is 35.9 Å². The SMILES string of the molecule is CC=CC(=O)Oc1ccc(C=O)cc1OC. The quantitative estimate of drug-likeness (QED) is 0.337. The first-order valence-corrected chi connectivity index (χ1v) is 4.69. The maximum Gasteiger partial charge on any atom is 0.335 e. The van der Waals surface area contributed by atoms with Crippen molar-refractivity contribution in [2.75, 3.05) is 7.11 Å². The predicted octanol–water partition coefficient (Wildman–Crippen LogP) is 1.99. The first-order chi connectivity index (χ1) is 7.71. The molecule has 0 saturated carbocycles. The molecule has 1 aromatic rings. The van der Waals surface area contributed by atoms with Crippen LogP contribution in [0.5, 0.6) is 11.5 Å². The summed E-state index contributed by atoms with van der Waals surface area (Å²) in [4.78, 5) is 21.7. The van der Waals surface area contributed by atoms with Gasteiger partial charge < -0.3 is 9.47 Å². The van der Waals surface area contributed by atoms with Crippen LogP contribution in [0.4, 0.5) is 0 Å². The molecule has 0 aliphatic heterocycles. The zero-order valence-corrected chi connectivity index (χ0v) is 9.10. The van der Waals surface area contributed by atoms with Gasteiger partial charge in [-0.3, -0.25) is 4.79 Å². The highest BCUT2D eigenvalue weighted by molar-refractivity contribution is 5.85. The number of methoxy groups -OCH3 is 1. The molecule has 0 aromatic heterocycles. The van der Waals surface area contributed by atoms with Gasteiger partial charge in [-0.1, -0.05) is 6.08 Å². The van der Waals surface area contributed by atoms with E-state index in [1.54, 1.807) is 19.1 Å². The molecule has 0 heterocycles. The Morgan fingerprint density at radius 1 is 1.31 bits per heavy atom. The minimum atomic E-state index is -0.486. The summed E-state index contributed by atoms with van der Waals surface area (Å²) < 4.78 is 10.0. The van der Waals surface area contributed by atoms with Gasteiger partial charge in [0.05, 0.1) is 7.11 Å². The van der Waals surface area contributed by atoms with Crippen LogP contribution in [0.15, 0.2) is 30.4 Å². The van der Waals surface area contributed by atoms with Crippen molar-refractivity contribution in [3.8, 4) is 11.5 Å². The van der Waals surface area contributed by atoms with Gasteiger partial charge in [-0.05, 0) is 25.1 Å². The average molecular weight is 220 g/mol. The third-order valence-electron chi connectivity index (χ3n) is 1.84. The number of hydrogen-bond donors (Lipinski definition) is 0. The van der Waals surface area contributed by atoms with Crippen molar-refractivity contribution in [2.45, 2.75) is 6.92 Å². The highest BCUT2D eigenvalue weighted by Crippen LogP contribution is 2.27. The van der Waals surface area contributed by atoms with Crippen LogP contribution >= 0.6 is 0 Å². The molecule has 0 amide bonds. The van der Waals surface area contributed by atoms with Crippen LogP contribution in [0.2, 0.25) is 0 Å². The fourth-order valence-electron chi connectivity index (χ4n) is 1.12. The van der Waals surface area contributed by atoms with Crippen LogP contribution in [0.3, 0.4) is 0 Å². The van der Waals surface area contributed by atoms with Gasteiger partial charge >= 0.3 is 5.97 Å². The largest absolute Gasteiger partial charge is 0.493 e. The second kappa shape index (κ2) is 5.70. The first kappa shape index (κ1) is 12.0. The van der Waals surface area contributed by atoms with Crippen LogP contribution in [0, 0.1) is 0 Å². The van der Waals surface area contributed by atoms with Crippen molar-refractivity contribution in [2.24, 2.45) is 0 Å². The van der Waals surface area contributed by atoms with Crippen molar-refractivity contribution in [1.29, 1.82) is 0 Å². The number of esters is 1. The lowest BCUT2D eigenvalue weighted by Gasteiger charge is -2.07. The summed E-state index contributed by atoms with van der Waals surface area (Å²) in [5, 5.41) is 0. The minimum absolute atomic E-state index is 0.288. The molecule has 4 nitrogen and oxygen atoms in total. The van der Waals surface area contributed by atoms with Gasteiger partial charge in [-0.25, -0.2) is 4.79 Å². The molecule has 0 unspecified atom stereocenters. The lowest BCUT2D eigenvalue weighted by Crippen LogP contribution is -2.05. The van der Waals surface area contributed by atoms with Crippen molar-refractivity contribution in [1.82, 2.24) is 0 Å². The summed E-state index contributed by atoms with van der Waals surface area (Å²) in [6.45, 7) is 1.72. The van der Waals surface area contributed by atoms with Gasteiger partial charge in [0.1, 0.15) is 6.29 Å². The highest BCUT2D eigenvalue weighted by atomic mass is 16.6. The Morgan fingerprint density at radius 2 is 2.06 bits per heavy atom. The molecule has 1 rings (SSSR count). The summed E-state index contributed by atoms with van der Waals surface area (Å²) >= 11 is 0. The number of aldehydes is 1. The summed E-state index contributed by atoms with van der Waals surface area (Å²) in [5.74, 6) is 0.151. The van der Waals surface area contributed by atoms with Crippen molar-refractivity contribution < 1.29 is 19.1 Å². The van der Waals surface area contributed by atoms with Crippen LogP contribution < -0.4 is 9.47 Å². The molecule has 0 N–H and O–H groups in total. The summed E-state index contributed by atoms with van der Waals surface area (Å²) in [7, 11) is 1.44. The van der Waals surface area contributed by atoms with E-state index in [4.69, 9.17) is 9.47 Å². The van der Waals surface area contributed by atoms with Gasteiger partial charge in [0.2, 0.25) is 0 Å². The van der Waals surface area contributed by atoms with E-state index in [9.17, 15) is 9.59 Å². The molecule has 0 aliphatic rings. The molecular weight excluding hydrogens is 208 g/mol. The van der Waals surface area contributed by atoms with Crippen molar-refractivity contribution in [3.63, 3.8) is 0 Å². The van der Waals surface area contributed by atoms with E-state index in [0.717, 1.165) is 0 Å². The van der Waals surface area contributed by atoms with E-state index >= 15 is 0 Å². The number of carbonyl (C=O) groups excluding carboxylic acids is 2. The second-order valence-electron chi connectivity index (χ2n) is 2.95. The predicted molar refractivity (Wildman–Crippen MR) is 58.8 cm³/mol. The summed E-state index contributed by atoms with van der Waals surface area (Å²) in [6.07, 6.45) is 3.57. The molecule has 0 spiro atoms. The number of allylic oxidation sites excluding steroid dienone is 1. The lowest BCUT2D eigenvalue weighted by molar-refractivity contribution is -0.129. The van der Waals surface area contributed by atoms with E-state index in [1.807, 2.05) is 0 Å². The molecule has 1 aromatic carbocycles. The van der Waals surface area contributed by atoms with Crippen LogP contribution in [-0.2, 0) is 4.79 Å². The standard InChI is InChI=1S/C12H12O4/c1-3-4-12(14)16-10-6-5-9(8-13)7-11(10)15-2/h3-8H,1-2H3. The van der Waals surface area contributed by atoms with Gasteiger partial charge in [-0.15, -0.1) is 0 Å². The Labute approximate surface area is 93.5 Å². The molecule has 0 radical (unpaired) electrons. The zero-order chi connectivity index (χ0) is 12.0. The molecule has 0 saturated heterocycles. The zero-order valence-electron chi connectivity index (χ0n) is 9.10. The van der Waals surface area contributed by atoms with E-state index in [1.165, 1.54) is 25.3 Å². The molecular formula is C12H12O4. The summed E-state index contributed by atoms with van der Waals surface area (Å²) in [5.41, 5.74) is 0.461. The smallest absolute Gasteiger partial charge is 0.335 e. The van der Waals surface area contributed by atoms with E-state index < -0.39 is 5.97 Å². The number of rotatable bonds is 4. The molecule has 84 valence electrons. The van der Waals surface area contributed by atoms with Crippen LogP contribution in [0.1, 0.15) is 17.3 Å². The molecule has 4 heteroatoms. The fraction of sp³-hybridized carbons (Fsp3) is 0.167. The molecule has 16 heavy (non-hydrogen) atoms. The Morgan fingerprint density at radius 3 is 2.62 bits per heavy atom. The third kappa shape index (κ3) is 2.95. The maximum absolute atomic E-state index is 11.2. The van der Waals surface area contributed by atoms with Gasteiger partial charge in [-0.2, -0.15) is 0 Å². The van der Waals surface area contributed by atoms with Crippen LogP contribution in [0.25, 0.3) is 0 Å². The Kier molecular flexibility index (Phi) is 4.27. The monoisotopic (exact) mass is 220 g/mol. The van der Waals surface area contributed by atoms with E-state index in [0.29, 0.717) is 17.6 Å². The molecule has 0 aliphatic carbocycles. The average Bonchev–Trinajstić information content (AvgIpc) is 2.30. The van der Waals surface area contributed by atoms with Crippen molar-refractivity contribution >= 4 is 12.3 Å².